The van der Waals surface area contributed by atoms with Gasteiger partial charge in [0.1, 0.15) is 5.01 Å². The number of halogens is 3. The van der Waals surface area contributed by atoms with Gasteiger partial charge < -0.3 is 20.3 Å². The third kappa shape index (κ3) is 5.14. The molecule has 2 amide bonds. The molecule has 194 valence electrons. The summed E-state index contributed by atoms with van der Waals surface area (Å²) >= 11 is 1.44. The van der Waals surface area contributed by atoms with Gasteiger partial charge in [-0.1, -0.05) is 0 Å². The lowest BCUT2D eigenvalue weighted by Gasteiger charge is -2.36. The summed E-state index contributed by atoms with van der Waals surface area (Å²) in [6, 6.07) is 2.58. The van der Waals surface area contributed by atoms with Gasteiger partial charge in [-0.3, -0.25) is 9.59 Å². The molecule has 1 fully saturated rings. The number of rotatable bonds is 6. The van der Waals surface area contributed by atoms with E-state index >= 15 is 0 Å². The van der Waals surface area contributed by atoms with Crippen molar-refractivity contribution in [1.29, 1.82) is 0 Å². The van der Waals surface area contributed by atoms with Crippen LogP contribution in [0.4, 0.5) is 18.9 Å². The molecule has 0 bridgehead atoms. The van der Waals surface area contributed by atoms with E-state index in [-0.39, 0.29) is 24.0 Å². The lowest BCUT2D eigenvalue weighted by Crippen LogP contribution is -2.51. The molecule has 2 N–H and O–H groups in total. The molecular weight excluding hydrogens is 509 g/mol. The molecule has 0 radical (unpaired) electrons. The molecule has 9 nitrogen and oxygen atoms in total. The number of hydrogen-bond donors (Lipinski definition) is 2. The van der Waals surface area contributed by atoms with Gasteiger partial charge in [0.05, 0.1) is 17.3 Å². The normalized spacial score (nSPS) is 16.6. The van der Waals surface area contributed by atoms with Gasteiger partial charge in [-0.05, 0) is 26.0 Å². The fourth-order valence-corrected chi connectivity index (χ4v) is 4.87. The van der Waals surface area contributed by atoms with Crippen LogP contribution in [0.25, 0.3) is 10.6 Å². The Kier molecular flexibility index (Phi) is 6.58. The maximum absolute atomic E-state index is 13.3. The predicted molar refractivity (Wildman–Crippen MR) is 129 cm³/mol. The van der Waals surface area contributed by atoms with E-state index < -0.39 is 23.9 Å². The molecule has 37 heavy (non-hydrogen) atoms. The second-order valence-electron chi connectivity index (χ2n) is 9.00. The summed E-state index contributed by atoms with van der Waals surface area (Å²) in [6.07, 6.45) is -0.853. The lowest BCUT2D eigenvalue weighted by atomic mass is 10.00. The lowest BCUT2D eigenvalue weighted by molar-refractivity contribution is -0.145. The van der Waals surface area contributed by atoms with Crippen LogP contribution in [0.5, 0.6) is 5.75 Å². The highest BCUT2D eigenvalue weighted by Gasteiger charge is 2.35. The summed E-state index contributed by atoms with van der Waals surface area (Å²) in [5, 5.41) is 6.62. The summed E-state index contributed by atoms with van der Waals surface area (Å²) in [5.74, 6) is -1.15. The van der Waals surface area contributed by atoms with Gasteiger partial charge in [0.25, 0.3) is 11.8 Å². The summed E-state index contributed by atoms with van der Waals surface area (Å²) in [4.78, 5) is 39.9. The predicted octanol–water partition coefficient (Wildman–Crippen LogP) is 3.36. The maximum Gasteiger partial charge on any atom is 0.451 e. The molecule has 0 unspecified atom stereocenters. The Hall–Kier alpha value is -3.58. The molecule has 4 heterocycles. The number of aryl methyl sites for hydroxylation is 1. The number of carbonyl (C=O) groups is 2. The van der Waals surface area contributed by atoms with Crippen molar-refractivity contribution in [3.63, 3.8) is 0 Å². The first-order chi connectivity index (χ1) is 17.6. The van der Waals surface area contributed by atoms with Crippen molar-refractivity contribution in [2.75, 3.05) is 31.1 Å². The van der Waals surface area contributed by atoms with Gasteiger partial charge in [0.15, 0.2) is 12.4 Å². The molecule has 1 aromatic carbocycles. The van der Waals surface area contributed by atoms with Crippen molar-refractivity contribution in [3.05, 3.63) is 52.6 Å². The number of alkyl halides is 3. The largest absolute Gasteiger partial charge is 0.481 e. The Morgan fingerprint density at radius 1 is 1.24 bits per heavy atom. The zero-order chi connectivity index (χ0) is 26.3. The quantitative estimate of drug-likeness (QED) is 0.501. The minimum atomic E-state index is -4.65. The van der Waals surface area contributed by atoms with E-state index in [0.29, 0.717) is 34.1 Å². The monoisotopic (exact) mass is 532 g/mol. The first kappa shape index (κ1) is 25.1. The SMILES string of the molecule is Cc1cnc(-c2cc(C(=O)N[C@H](C)c3cnc(C(F)(F)F)nc3)cc3c2OCC(=O)N3CC2CNC2)s1. The van der Waals surface area contributed by atoms with Gasteiger partial charge in [-0.2, -0.15) is 13.2 Å². The smallest absolute Gasteiger partial charge is 0.451 e. The summed E-state index contributed by atoms with van der Waals surface area (Å²) in [6.45, 7) is 5.51. The Morgan fingerprint density at radius 2 is 1.97 bits per heavy atom. The number of nitrogens with one attached hydrogen (secondary N) is 2. The first-order valence-electron chi connectivity index (χ1n) is 11.5. The van der Waals surface area contributed by atoms with Gasteiger partial charge in [-0.25, -0.2) is 15.0 Å². The van der Waals surface area contributed by atoms with Crippen LogP contribution in [0.15, 0.2) is 30.7 Å². The number of benzene rings is 1. The van der Waals surface area contributed by atoms with E-state index in [1.807, 2.05) is 6.92 Å². The van der Waals surface area contributed by atoms with Gasteiger partial charge in [0.2, 0.25) is 5.82 Å². The van der Waals surface area contributed by atoms with E-state index in [1.165, 1.54) is 11.3 Å². The van der Waals surface area contributed by atoms with Crippen LogP contribution in [0, 0.1) is 12.8 Å². The molecule has 0 saturated carbocycles. The fourth-order valence-electron chi connectivity index (χ4n) is 4.09. The number of ether oxygens (including phenoxy) is 1. The molecule has 2 aliphatic heterocycles. The van der Waals surface area contributed by atoms with Crippen LogP contribution < -0.4 is 20.3 Å². The molecule has 5 rings (SSSR count). The molecule has 2 aromatic heterocycles. The molecule has 3 aromatic rings. The standard InChI is InChI=1S/C24H23F3N6O3S/c1-12-5-29-22(37-12)17-3-15(4-18-20(17)36-11-19(34)33(18)10-14-6-28-7-14)21(35)32-13(2)16-8-30-23(31-9-16)24(25,26)27/h3-5,8-9,13-14,28H,6-7,10-11H2,1-2H3,(H,32,35)/t13-/m1/s1. The van der Waals surface area contributed by atoms with Crippen molar-refractivity contribution in [2.45, 2.75) is 26.1 Å². The zero-order valence-corrected chi connectivity index (χ0v) is 20.7. The first-order valence-corrected chi connectivity index (χ1v) is 12.4. The van der Waals surface area contributed by atoms with Gasteiger partial charge in [0, 0.05) is 60.1 Å². The summed E-state index contributed by atoms with van der Waals surface area (Å²) in [7, 11) is 0. The number of nitrogens with zero attached hydrogens (tertiary/aromatic N) is 4. The van der Waals surface area contributed by atoms with Crippen LogP contribution in [0.3, 0.4) is 0 Å². The Morgan fingerprint density at radius 3 is 2.57 bits per heavy atom. The third-order valence-corrected chi connectivity index (χ3v) is 7.14. The minimum Gasteiger partial charge on any atom is -0.481 e. The second-order valence-corrected chi connectivity index (χ2v) is 10.2. The van der Waals surface area contributed by atoms with Crippen LogP contribution in [-0.2, 0) is 11.0 Å². The molecule has 0 aliphatic carbocycles. The summed E-state index contributed by atoms with van der Waals surface area (Å²) < 4.78 is 44.2. The zero-order valence-electron chi connectivity index (χ0n) is 19.9. The highest BCUT2D eigenvalue weighted by Crippen LogP contribution is 2.43. The number of anilines is 1. The van der Waals surface area contributed by atoms with E-state index in [9.17, 15) is 22.8 Å². The molecule has 2 aliphatic rings. The topological polar surface area (TPSA) is 109 Å². The molecule has 1 atom stereocenters. The van der Waals surface area contributed by atoms with Gasteiger partial charge in [-0.15, -0.1) is 11.3 Å². The average Bonchev–Trinajstić information content (AvgIpc) is 3.27. The highest BCUT2D eigenvalue weighted by atomic mass is 32.1. The van der Waals surface area contributed by atoms with Crippen LogP contribution in [-0.4, -0.2) is 53.0 Å². The molecular formula is C24H23F3N6O3S. The molecule has 13 heteroatoms. The van der Waals surface area contributed by atoms with Gasteiger partial charge >= 0.3 is 6.18 Å². The Labute approximate surface area is 214 Å². The number of aromatic nitrogens is 3. The number of fused-ring (bicyclic) bond motifs is 1. The van der Waals surface area contributed by atoms with Crippen molar-refractivity contribution in [2.24, 2.45) is 5.92 Å². The number of hydrogen-bond acceptors (Lipinski definition) is 8. The van der Waals surface area contributed by atoms with Crippen LogP contribution >= 0.6 is 11.3 Å². The Bertz CT molecular complexity index is 1340. The van der Waals surface area contributed by atoms with E-state index in [4.69, 9.17) is 4.74 Å². The number of amides is 2. The van der Waals surface area contributed by atoms with Crippen molar-refractivity contribution >= 4 is 28.8 Å². The number of carbonyl (C=O) groups excluding carboxylic acids is 2. The maximum atomic E-state index is 13.3. The summed E-state index contributed by atoms with van der Waals surface area (Å²) in [5.41, 5.74) is 1.66. The number of thiazole rings is 1. The fraction of sp³-hybridized carbons (Fsp3) is 0.375. The minimum absolute atomic E-state index is 0.110. The van der Waals surface area contributed by atoms with E-state index in [2.05, 4.69) is 25.6 Å². The Balaban J connectivity index is 1.47. The van der Waals surface area contributed by atoms with Crippen LogP contribution in [0.1, 0.15) is 39.6 Å². The average molecular weight is 533 g/mol. The van der Waals surface area contributed by atoms with Crippen molar-refractivity contribution < 1.29 is 27.5 Å². The van der Waals surface area contributed by atoms with Crippen LogP contribution in [0.2, 0.25) is 0 Å². The molecule has 1 saturated heterocycles. The van der Waals surface area contributed by atoms with E-state index in [0.717, 1.165) is 30.4 Å². The van der Waals surface area contributed by atoms with Crippen molar-refractivity contribution in [3.8, 4) is 16.3 Å². The highest BCUT2D eigenvalue weighted by molar-refractivity contribution is 7.15. The second kappa shape index (κ2) is 9.71. The third-order valence-electron chi connectivity index (χ3n) is 6.19. The molecule has 0 spiro atoms. The van der Waals surface area contributed by atoms with Crippen molar-refractivity contribution in [1.82, 2.24) is 25.6 Å². The van der Waals surface area contributed by atoms with E-state index in [1.54, 1.807) is 30.2 Å².